The van der Waals surface area contributed by atoms with Crippen molar-refractivity contribution in [2.75, 3.05) is 13.2 Å². The van der Waals surface area contributed by atoms with Crippen molar-refractivity contribution in [1.82, 2.24) is 9.71 Å². The maximum atomic E-state index is 13.4. The lowest BCUT2D eigenvalue weighted by atomic mass is 9.98. The van der Waals surface area contributed by atoms with E-state index in [1.807, 2.05) is 0 Å². The van der Waals surface area contributed by atoms with Gasteiger partial charge < -0.3 is 4.74 Å². The highest BCUT2D eigenvalue weighted by atomic mass is 32.2. The minimum Gasteiger partial charge on any atom is -0.377 e. The molecule has 0 saturated heterocycles. The summed E-state index contributed by atoms with van der Waals surface area (Å²) < 4.78 is 44.9. The predicted octanol–water partition coefficient (Wildman–Crippen LogP) is 1.85. The zero-order valence-corrected chi connectivity index (χ0v) is 12.0. The zero-order chi connectivity index (χ0) is 14.4. The summed E-state index contributed by atoms with van der Waals surface area (Å²) in [6.07, 6.45) is 7.09. The van der Waals surface area contributed by atoms with Gasteiger partial charge in [-0.2, -0.15) is 0 Å². The van der Waals surface area contributed by atoms with Crippen LogP contribution in [0.15, 0.2) is 23.4 Å². The van der Waals surface area contributed by atoms with Gasteiger partial charge in [0.2, 0.25) is 5.03 Å². The van der Waals surface area contributed by atoms with Crippen molar-refractivity contribution in [2.24, 2.45) is 0 Å². The van der Waals surface area contributed by atoms with Crippen molar-refractivity contribution in [3.8, 4) is 0 Å². The van der Waals surface area contributed by atoms with E-state index in [1.54, 1.807) is 0 Å². The molecule has 1 N–H and O–H groups in total. The fourth-order valence-corrected chi connectivity index (χ4v) is 3.28. The summed E-state index contributed by atoms with van der Waals surface area (Å²) in [4.78, 5) is 3.55. The number of aromatic nitrogens is 1. The number of sulfonamides is 1. The fraction of sp³-hybridized carbons (Fsp3) is 0.615. The van der Waals surface area contributed by atoms with Gasteiger partial charge in [-0.05, 0) is 25.0 Å². The van der Waals surface area contributed by atoms with E-state index in [2.05, 4.69) is 9.71 Å². The highest BCUT2D eigenvalue weighted by Crippen LogP contribution is 2.19. The molecule has 0 aromatic carbocycles. The summed E-state index contributed by atoms with van der Waals surface area (Å²) in [5, 5.41) is -0.572. The number of nitrogens with zero attached hydrogens (tertiary/aromatic N) is 1. The molecule has 0 unspecified atom stereocenters. The van der Waals surface area contributed by atoms with Gasteiger partial charge in [0.25, 0.3) is 10.0 Å². The van der Waals surface area contributed by atoms with Gasteiger partial charge in [0, 0.05) is 12.7 Å². The van der Waals surface area contributed by atoms with Crippen LogP contribution < -0.4 is 4.72 Å². The van der Waals surface area contributed by atoms with Gasteiger partial charge in [-0.15, -0.1) is 0 Å². The maximum Gasteiger partial charge on any atom is 0.261 e. The Balaban J connectivity index is 1.79. The highest BCUT2D eigenvalue weighted by molar-refractivity contribution is 7.89. The Kier molecular flexibility index (Phi) is 5.45. The topological polar surface area (TPSA) is 68.3 Å². The first-order chi connectivity index (χ1) is 9.59. The lowest BCUT2D eigenvalue weighted by molar-refractivity contribution is 0.0321. The van der Waals surface area contributed by atoms with Crippen molar-refractivity contribution in [3.05, 3.63) is 24.1 Å². The molecule has 1 aromatic rings. The van der Waals surface area contributed by atoms with Crippen LogP contribution in [0.2, 0.25) is 0 Å². The number of ether oxygens (including phenoxy) is 1. The summed E-state index contributed by atoms with van der Waals surface area (Å²) in [5.74, 6) is -0.854. The molecule has 112 valence electrons. The molecule has 0 radical (unpaired) electrons. The Morgan fingerprint density at radius 2 is 2.10 bits per heavy atom. The summed E-state index contributed by atoms with van der Waals surface area (Å²) in [7, 11) is -3.91. The first-order valence-corrected chi connectivity index (χ1v) is 8.30. The van der Waals surface area contributed by atoms with Crippen LogP contribution in [-0.4, -0.2) is 32.7 Å². The average Bonchev–Trinajstić information content (AvgIpc) is 2.45. The van der Waals surface area contributed by atoms with Gasteiger partial charge >= 0.3 is 0 Å². The van der Waals surface area contributed by atoms with E-state index in [0.717, 1.165) is 31.7 Å². The third kappa shape index (κ3) is 4.22. The maximum absolute atomic E-state index is 13.4. The standard InChI is InChI=1S/C13H19FN2O3S/c14-12-7-4-8-15-13(12)20(17,18)16-9-10-19-11-5-2-1-3-6-11/h4,7-8,11,16H,1-3,5-6,9-10H2. The summed E-state index contributed by atoms with van der Waals surface area (Å²) in [6.45, 7) is 0.410. The Morgan fingerprint density at radius 1 is 1.35 bits per heavy atom. The molecule has 0 atom stereocenters. The monoisotopic (exact) mass is 302 g/mol. The van der Waals surface area contributed by atoms with E-state index in [1.165, 1.54) is 18.7 Å². The Morgan fingerprint density at radius 3 is 2.80 bits per heavy atom. The average molecular weight is 302 g/mol. The Bertz CT molecular complexity index is 530. The Labute approximate surface area is 118 Å². The lowest BCUT2D eigenvalue weighted by Gasteiger charge is -2.21. The normalized spacial score (nSPS) is 17.2. The molecule has 1 heterocycles. The molecular formula is C13H19FN2O3S. The molecule has 0 aliphatic heterocycles. The van der Waals surface area contributed by atoms with E-state index >= 15 is 0 Å². The third-order valence-corrected chi connectivity index (χ3v) is 4.67. The second-order valence-corrected chi connectivity index (χ2v) is 6.50. The number of rotatable bonds is 6. The van der Waals surface area contributed by atoms with Gasteiger partial charge in [-0.25, -0.2) is 22.5 Å². The number of hydrogen-bond donors (Lipinski definition) is 1. The predicted molar refractivity (Wildman–Crippen MR) is 72.2 cm³/mol. The number of nitrogens with one attached hydrogen (secondary N) is 1. The second-order valence-electron chi connectivity index (χ2n) is 4.82. The van der Waals surface area contributed by atoms with Crippen molar-refractivity contribution in [1.29, 1.82) is 0 Å². The van der Waals surface area contributed by atoms with Crippen LogP contribution in [0.4, 0.5) is 4.39 Å². The van der Waals surface area contributed by atoms with Gasteiger partial charge in [-0.1, -0.05) is 19.3 Å². The van der Waals surface area contributed by atoms with Crippen LogP contribution in [0.3, 0.4) is 0 Å². The molecule has 1 saturated carbocycles. The lowest BCUT2D eigenvalue weighted by Crippen LogP contribution is -2.30. The van der Waals surface area contributed by atoms with E-state index < -0.39 is 20.9 Å². The molecule has 7 heteroatoms. The fourth-order valence-electron chi connectivity index (χ4n) is 2.27. The molecule has 20 heavy (non-hydrogen) atoms. The minimum atomic E-state index is -3.91. The molecule has 2 rings (SSSR count). The quantitative estimate of drug-likeness (QED) is 0.814. The molecule has 1 aliphatic rings. The van der Waals surface area contributed by atoms with Gasteiger partial charge in [0.05, 0.1) is 12.7 Å². The van der Waals surface area contributed by atoms with E-state index in [-0.39, 0.29) is 12.6 Å². The SMILES string of the molecule is O=S(=O)(NCCOC1CCCCC1)c1ncccc1F. The number of pyridine rings is 1. The van der Waals surface area contributed by atoms with E-state index in [9.17, 15) is 12.8 Å². The van der Waals surface area contributed by atoms with Crippen LogP contribution in [0, 0.1) is 5.82 Å². The molecule has 0 bridgehead atoms. The smallest absolute Gasteiger partial charge is 0.261 e. The van der Waals surface area contributed by atoms with E-state index in [4.69, 9.17) is 4.74 Å². The summed E-state index contributed by atoms with van der Waals surface area (Å²) in [5.41, 5.74) is 0. The van der Waals surface area contributed by atoms with Crippen LogP contribution in [0.25, 0.3) is 0 Å². The van der Waals surface area contributed by atoms with Crippen molar-refractivity contribution >= 4 is 10.0 Å². The van der Waals surface area contributed by atoms with Crippen LogP contribution in [0.1, 0.15) is 32.1 Å². The van der Waals surface area contributed by atoms with E-state index in [0.29, 0.717) is 6.61 Å². The molecule has 1 fully saturated rings. The number of halogens is 1. The first-order valence-electron chi connectivity index (χ1n) is 6.81. The van der Waals surface area contributed by atoms with Gasteiger partial charge in [-0.3, -0.25) is 0 Å². The molecule has 1 aliphatic carbocycles. The minimum absolute atomic E-state index is 0.120. The molecular weight excluding hydrogens is 283 g/mol. The van der Waals surface area contributed by atoms with Gasteiger partial charge in [0.15, 0.2) is 5.82 Å². The highest BCUT2D eigenvalue weighted by Gasteiger charge is 2.20. The van der Waals surface area contributed by atoms with Gasteiger partial charge in [0.1, 0.15) is 0 Å². The molecule has 1 aromatic heterocycles. The third-order valence-electron chi connectivity index (χ3n) is 3.28. The summed E-state index contributed by atoms with van der Waals surface area (Å²) >= 11 is 0. The van der Waals surface area contributed by atoms with Crippen molar-refractivity contribution in [3.63, 3.8) is 0 Å². The van der Waals surface area contributed by atoms with Crippen molar-refractivity contribution < 1.29 is 17.5 Å². The first kappa shape index (κ1) is 15.3. The molecule has 0 spiro atoms. The zero-order valence-electron chi connectivity index (χ0n) is 11.2. The number of hydrogen-bond acceptors (Lipinski definition) is 4. The van der Waals surface area contributed by atoms with Crippen LogP contribution in [0.5, 0.6) is 0 Å². The van der Waals surface area contributed by atoms with Crippen LogP contribution in [-0.2, 0) is 14.8 Å². The molecule has 0 amide bonds. The van der Waals surface area contributed by atoms with Crippen LogP contribution >= 0.6 is 0 Å². The largest absolute Gasteiger partial charge is 0.377 e. The molecule has 5 nitrogen and oxygen atoms in total. The second kappa shape index (κ2) is 7.10. The Hall–Kier alpha value is -1.05. The summed E-state index contributed by atoms with van der Waals surface area (Å²) in [6, 6.07) is 2.42. The van der Waals surface area contributed by atoms with Crippen molar-refractivity contribution in [2.45, 2.75) is 43.2 Å².